The van der Waals surface area contributed by atoms with Crippen molar-refractivity contribution < 1.29 is 43.3 Å². The van der Waals surface area contributed by atoms with Gasteiger partial charge < -0.3 is 30.4 Å². The molecule has 49 heavy (non-hydrogen) atoms. The maximum Gasteiger partial charge on any atom is 0.340 e. The summed E-state index contributed by atoms with van der Waals surface area (Å²) in [6.45, 7) is 9.83. The molecule has 2 fully saturated rings. The minimum Gasteiger partial charge on any atom is -0.461 e. The van der Waals surface area contributed by atoms with Gasteiger partial charge in [-0.25, -0.2) is 4.79 Å². The Labute approximate surface area is 284 Å². The van der Waals surface area contributed by atoms with Gasteiger partial charge in [-0.2, -0.15) is 0 Å². The van der Waals surface area contributed by atoms with E-state index in [4.69, 9.17) is 19.9 Å². The first-order chi connectivity index (χ1) is 23.0. The predicted molar refractivity (Wildman–Crippen MR) is 179 cm³/mol. The van der Waals surface area contributed by atoms with E-state index in [1.54, 1.807) is 55.5 Å². The first-order valence-corrected chi connectivity index (χ1v) is 16.5. The summed E-state index contributed by atoms with van der Waals surface area (Å²) in [5, 5.41) is 16.0. The minimum absolute atomic E-state index is 0.0474. The first kappa shape index (κ1) is 34.1. The van der Waals surface area contributed by atoms with Crippen LogP contribution in [0, 0.1) is 34.5 Å². The SMILES string of the molecule is CC(=O)OCC1=C[C@@H]2C(=O)[C@]3(C=C(C)[C@H](OC(C)=O)[C@@]3(O)[C@@H]1OC(=O)c1ccccc1NC(=O)c1ccccc1N)[C@H](C)C[C@@H]1[C@H]2C1(C)C. The van der Waals surface area contributed by atoms with E-state index >= 15 is 0 Å². The fraction of sp³-hybridized carbons (Fsp3) is 0.447. The van der Waals surface area contributed by atoms with Crippen molar-refractivity contribution in [1.82, 2.24) is 0 Å². The number of Topliss-reactive ketones (excluding diaryl/α,β-unsaturated/α-hetero) is 1. The molecular weight excluding hydrogens is 628 g/mol. The molecule has 4 aliphatic rings. The van der Waals surface area contributed by atoms with Gasteiger partial charge in [0.1, 0.15) is 6.61 Å². The molecule has 1 spiro atoms. The fourth-order valence-electron chi connectivity index (χ4n) is 8.91. The van der Waals surface area contributed by atoms with Gasteiger partial charge in [-0.15, -0.1) is 0 Å². The third-order valence-corrected chi connectivity index (χ3v) is 11.2. The van der Waals surface area contributed by atoms with Gasteiger partial charge in [0.2, 0.25) is 0 Å². The number of aliphatic hydroxyl groups is 1. The van der Waals surface area contributed by atoms with Crippen LogP contribution in [0.1, 0.15) is 68.7 Å². The van der Waals surface area contributed by atoms with Gasteiger partial charge in [-0.3, -0.25) is 19.2 Å². The summed E-state index contributed by atoms with van der Waals surface area (Å²) in [7, 11) is 0. The standard InChI is InChI=1S/C38H42N2O9/c1-19-17-37-20(2)15-27-30(36(27,5)6)26(31(37)43)16-23(18-47-21(3)41)33(38(37,46)32(19)48-22(4)42)49-35(45)25-12-8-10-14-29(25)40-34(44)24-11-7-9-13-28(24)39/h7-14,16-17,20,26-27,30,32-33,46H,15,18,39H2,1-6H3,(H,40,44)/t20-,26+,27-,30+,32+,33-,37+,38-/m1/s1. The number of ether oxygens (including phenoxy) is 3. The van der Waals surface area contributed by atoms with Gasteiger partial charge in [0.15, 0.2) is 23.6 Å². The van der Waals surface area contributed by atoms with Crippen molar-refractivity contribution in [3.05, 3.63) is 83.0 Å². The number of nitrogen functional groups attached to an aromatic ring is 1. The highest BCUT2D eigenvalue weighted by molar-refractivity contribution is 6.10. The van der Waals surface area contributed by atoms with Crippen molar-refractivity contribution in [1.29, 1.82) is 0 Å². The van der Waals surface area contributed by atoms with Crippen LogP contribution in [0.2, 0.25) is 0 Å². The topological polar surface area (TPSA) is 171 Å². The smallest absolute Gasteiger partial charge is 0.340 e. The van der Waals surface area contributed by atoms with Crippen LogP contribution in [0.4, 0.5) is 11.4 Å². The molecule has 258 valence electrons. The Morgan fingerprint density at radius 2 is 1.61 bits per heavy atom. The zero-order valence-corrected chi connectivity index (χ0v) is 28.4. The molecule has 2 aromatic rings. The van der Waals surface area contributed by atoms with E-state index in [1.807, 2.05) is 6.92 Å². The molecule has 4 N–H and O–H groups in total. The van der Waals surface area contributed by atoms with Crippen LogP contribution in [0.3, 0.4) is 0 Å². The largest absolute Gasteiger partial charge is 0.461 e. The number of fused-ring (bicyclic) bond motifs is 3. The Morgan fingerprint density at radius 1 is 0.959 bits per heavy atom. The van der Waals surface area contributed by atoms with Crippen molar-refractivity contribution in [2.24, 2.45) is 34.5 Å². The summed E-state index contributed by atoms with van der Waals surface area (Å²) in [4.78, 5) is 67.2. The highest BCUT2D eigenvalue weighted by atomic mass is 16.6. The number of nitrogens with two attached hydrogens (primary N) is 1. The van der Waals surface area contributed by atoms with Crippen LogP contribution >= 0.6 is 0 Å². The van der Waals surface area contributed by atoms with Crippen molar-refractivity contribution in [2.75, 3.05) is 17.7 Å². The molecule has 11 nitrogen and oxygen atoms in total. The molecule has 4 aliphatic carbocycles. The molecule has 0 radical (unpaired) electrons. The predicted octanol–water partition coefficient (Wildman–Crippen LogP) is 4.66. The van der Waals surface area contributed by atoms with Crippen LogP contribution < -0.4 is 11.1 Å². The second kappa shape index (κ2) is 12.0. The number of ketones is 1. The molecule has 2 aromatic carbocycles. The lowest BCUT2D eigenvalue weighted by molar-refractivity contribution is -0.203. The van der Waals surface area contributed by atoms with E-state index < -0.39 is 58.9 Å². The van der Waals surface area contributed by atoms with E-state index in [2.05, 4.69) is 19.2 Å². The molecule has 0 unspecified atom stereocenters. The normalized spacial score (nSPS) is 32.2. The van der Waals surface area contributed by atoms with E-state index in [9.17, 15) is 29.1 Å². The average molecular weight is 671 g/mol. The number of para-hydroxylation sites is 2. The third kappa shape index (κ3) is 5.26. The molecule has 8 atom stereocenters. The summed E-state index contributed by atoms with van der Waals surface area (Å²) in [6.07, 6.45) is 1.00. The fourth-order valence-corrected chi connectivity index (χ4v) is 8.91. The first-order valence-electron chi connectivity index (χ1n) is 16.5. The molecule has 0 heterocycles. The van der Waals surface area contributed by atoms with Crippen LogP contribution in [-0.2, 0) is 28.6 Å². The highest BCUT2D eigenvalue weighted by Crippen LogP contribution is 2.72. The number of anilines is 2. The van der Waals surface area contributed by atoms with Crippen LogP contribution in [0.5, 0.6) is 0 Å². The number of hydrogen-bond acceptors (Lipinski definition) is 10. The molecule has 0 saturated heterocycles. The Kier molecular flexibility index (Phi) is 8.34. The van der Waals surface area contributed by atoms with E-state index in [0.717, 1.165) is 0 Å². The quantitative estimate of drug-likeness (QED) is 0.163. The number of benzene rings is 2. The van der Waals surface area contributed by atoms with Gasteiger partial charge >= 0.3 is 17.9 Å². The van der Waals surface area contributed by atoms with Crippen molar-refractivity contribution in [3.63, 3.8) is 0 Å². The number of rotatable bonds is 7. The number of carbonyl (C=O) groups is 5. The Morgan fingerprint density at radius 3 is 2.27 bits per heavy atom. The summed E-state index contributed by atoms with van der Waals surface area (Å²) < 4.78 is 17.5. The molecule has 6 rings (SSSR count). The van der Waals surface area contributed by atoms with E-state index in [0.29, 0.717) is 12.0 Å². The molecule has 0 aromatic heterocycles. The van der Waals surface area contributed by atoms with E-state index in [1.165, 1.54) is 26.0 Å². The Hall–Kier alpha value is -4.77. The van der Waals surface area contributed by atoms with E-state index in [-0.39, 0.29) is 57.7 Å². The van der Waals surface area contributed by atoms with Gasteiger partial charge in [0.25, 0.3) is 5.91 Å². The summed E-state index contributed by atoms with van der Waals surface area (Å²) in [6, 6.07) is 12.7. The second-order valence-electron chi connectivity index (χ2n) is 14.4. The number of carbonyl (C=O) groups excluding carboxylic acids is 5. The lowest BCUT2D eigenvalue weighted by atomic mass is 9.59. The number of amides is 1. The zero-order chi connectivity index (χ0) is 35.6. The Bertz CT molecular complexity index is 1830. The highest BCUT2D eigenvalue weighted by Gasteiger charge is 2.77. The molecule has 2 saturated carbocycles. The lowest BCUT2D eigenvalue weighted by Gasteiger charge is -2.49. The van der Waals surface area contributed by atoms with Gasteiger partial charge in [0, 0.05) is 31.0 Å². The molecule has 1 amide bonds. The number of allylic oxidation sites excluding steroid dienone is 1. The molecular formula is C38H42N2O9. The van der Waals surface area contributed by atoms with Crippen LogP contribution in [0.25, 0.3) is 0 Å². The lowest BCUT2D eigenvalue weighted by Crippen LogP contribution is -2.66. The van der Waals surface area contributed by atoms with Crippen LogP contribution in [-0.4, -0.2) is 59.1 Å². The minimum atomic E-state index is -2.31. The third-order valence-electron chi connectivity index (χ3n) is 11.2. The average Bonchev–Trinajstić information content (AvgIpc) is 3.53. The summed E-state index contributed by atoms with van der Waals surface area (Å²) >= 11 is 0. The maximum atomic E-state index is 15.0. The monoisotopic (exact) mass is 670 g/mol. The summed E-state index contributed by atoms with van der Waals surface area (Å²) in [5.41, 5.74) is 3.04. The van der Waals surface area contributed by atoms with Crippen molar-refractivity contribution >= 4 is 41.0 Å². The maximum absolute atomic E-state index is 15.0. The molecule has 11 heteroatoms. The number of nitrogens with one attached hydrogen (secondary N) is 1. The van der Waals surface area contributed by atoms with Gasteiger partial charge in [-0.1, -0.05) is 57.2 Å². The van der Waals surface area contributed by atoms with Gasteiger partial charge in [-0.05, 0) is 66.4 Å². The van der Waals surface area contributed by atoms with Crippen molar-refractivity contribution in [3.8, 4) is 0 Å². The van der Waals surface area contributed by atoms with Crippen molar-refractivity contribution in [2.45, 2.75) is 65.8 Å². The molecule has 2 bridgehead atoms. The number of esters is 3. The second-order valence-corrected chi connectivity index (χ2v) is 14.4. The molecule has 0 aliphatic heterocycles. The number of hydrogen-bond donors (Lipinski definition) is 3. The zero-order valence-electron chi connectivity index (χ0n) is 28.4. The van der Waals surface area contributed by atoms with Gasteiger partial charge in [0.05, 0.1) is 22.2 Å². The van der Waals surface area contributed by atoms with Crippen LogP contribution in [0.15, 0.2) is 71.8 Å². The Balaban J connectivity index is 1.49. The summed E-state index contributed by atoms with van der Waals surface area (Å²) in [5.74, 6) is -4.14.